The van der Waals surface area contributed by atoms with Gasteiger partial charge in [-0.15, -0.1) is 5.92 Å². The Labute approximate surface area is 191 Å². The molecule has 0 spiro atoms. The number of carbonyl (C=O) groups excluding carboxylic acids is 1. The summed E-state index contributed by atoms with van der Waals surface area (Å²) in [5, 5.41) is 0. The minimum atomic E-state index is -0.377. The van der Waals surface area contributed by atoms with E-state index in [4.69, 9.17) is 27.9 Å². The number of esters is 1. The SMILES string of the molecule is CC#C/C=C/C(=O)OC.[C-]#[O+].[C-]#[O+].[C-]#[O+].[C-]#[O+].[C-]#[O+].[C-]#[O+].[CH]1[CH][CH][CH][CH]1.[Co].[Mo]. The van der Waals surface area contributed by atoms with Crippen molar-refractivity contribution < 1.29 is 75.3 Å². The van der Waals surface area contributed by atoms with E-state index in [0.717, 1.165) is 0 Å². The molecule has 0 aromatic carbocycles. The number of rotatable bonds is 1. The van der Waals surface area contributed by atoms with Gasteiger partial charge in [0.05, 0.1) is 7.11 Å². The van der Waals surface area contributed by atoms with Crippen LogP contribution in [0.25, 0.3) is 0 Å². The molecule has 1 rings (SSSR count). The molecule has 0 atom stereocenters. The van der Waals surface area contributed by atoms with Crippen LogP contribution in [0.15, 0.2) is 12.2 Å². The van der Waals surface area contributed by atoms with Crippen molar-refractivity contribution in [2.75, 3.05) is 7.11 Å². The maximum absolute atomic E-state index is 10.3. The first-order valence-electron chi connectivity index (χ1n) is 5.37. The number of carbonyl (C=O) groups is 1. The Hall–Kier alpha value is -1.60. The Bertz CT molecular complexity index is 407. The maximum atomic E-state index is 10.3. The third-order valence-corrected chi connectivity index (χ3v) is 1.20. The molecule has 0 amide bonds. The molecule has 1 aliphatic carbocycles. The summed E-state index contributed by atoms with van der Waals surface area (Å²) < 4.78 is 49.3. The summed E-state index contributed by atoms with van der Waals surface area (Å²) in [5.41, 5.74) is 0. The van der Waals surface area contributed by atoms with Gasteiger partial charge in [-0.3, -0.25) is 0 Å². The summed E-state index contributed by atoms with van der Waals surface area (Å²) in [6.07, 6.45) is 12.7. The minimum absolute atomic E-state index is 0. The van der Waals surface area contributed by atoms with E-state index in [9.17, 15) is 4.79 Å². The van der Waals surface area contributed by atoms with Crippen LogP contribution in [0.2, 0.25) is 0 Å². The smallest absolute Gasteiger partial charge is 0 e. The number of hydrogen-bond acceptors (Lipinski definition) is 2. The van der Waals surface area contributed by atoms with Gasteiger partial charge in [-0.1, -0.05) is 5.92 Å². The quantitative estimate of drug-likeness (QED) is 0.131. The average Bonchev–Trinajstić information content (AvgIpc) is 3.37. The molecule has 6 radical (unpaired) electrons. The van der Waals surface area contributed by atoms with E-state index in [1.165, 1.54) is 19.3 Å². The second-order valence-corrected chi connectivity index (χ2v) is 2.21. The molecule has 28 heavy (non-hydrogen) atoms. The van der Waals surface area contributed by atoms with Gasteiger partial charge in [-0.2, -0.15) is 0 Å². The molecule has 0 heterocycles. The summed E-state index contributed by atoms with van der Waals surface area (Å²) >= 11 is 0. The van der Waals surface area contributed by atoms with Crippen molar-refractivity contribution in [2.45, 2.75) is 6.92 Å². The summed E-state index contributed by atoms with van der Waals surface area (Å²) in [5.74, 6) is 4.81. The van der Waals surface area contributed by atoms with E-state index >= 15 is 0 Å². The van der Waals surface area contributed by atoms with Crippen molar-refractivity contribution in [3.63, 3.8) is 0 Å². The molecule has 0 aliphatic heterocycles. The van der Waals surface area contributed by atoms with E-state index in [1.807, 2.05) is 32.1 Å². The largest absolute Gasteiger partial charge is 0.0312 e. The molecule has 0 aromatic heterocycles. The number of hydrogen-bond donors (Lipinski definition) is 0. The minimum Gasteiger partial charge on any atom is -0.0312 e. The van der Waals surface area contributed by atoms with Gasteiger partial charge in [0.25, 0.3) is 0 Å². The molecule has 0 bridgehead atoms. The summed E-state index contributed by atoms with van der Waals surface area (Å²) in [6, 6.07) is 0. The molecule has 1 saturated carbocycles. The Morgan fingerprint density at radius 2 is 1.04 bits per heavy atom. The molecule has 0 unspecified atom stereocenters. The normalized spacial score (nSPS) is 7.36. The van der Waals surface area contributed by atoms with E-state index in [-0.39, 0.29) is 43.8 Å². The predicted octanol–water partition coefficient (Wildman–Crippen LogP) is 1.53. The van der Waals surface area contributed by atoms with Crippen LogP contribution in [0.4, 0.5) is 0 Å². The van der Waals surface area contributed by atoms with Crippen LogP contribution >= 0.6 is 0 Å². The third-order valence-electron chi connectivity index (χ3n) is 1.20. The monoisotopic (exact) mass is 514 g/mol. The van der Waals surface area contributed by atoms with Crippen molar-refractivity contribution >= 4 is 5.97 Å². The molecular formula is C18H13CoMoO8. The number of allylic oxidation sites excluding steroid dienone is 1. The van der Waals surface area contributed by atoms with Gasteiger partial charge in [0.2, 0.25) is 0 Å². The van der Waals surface area contributed by atoms with E-state index < -0.39 is 0 Å². The molecule has 1 fully saturated rings. The molecule has 0 N–H and O–H groups in total. The molecule has 1 aliphatic rings. The van der Waals surface area contributed by atoms with Gasteiger partial charge >= 0.3 is 73.8 Å². The third kappa shape index (κ3) is 123. The van der Waals surface area contributed by atoms with Crippen molar-refractivity contribution in [3.8, 4) is 11.8 Å². The van der Waals surface area contributed by atoms with Crippen molar-refractivity contribution in [1.82, 2.24) is 0 Å². The zero-order valence-electron chi connectivity index (χ0n) is 14.5. The van der Waals surface area contributed by atoms with Crippen LogP contribution in [-0.4, -0.2) is 13.1 Å². The molecule has 0 saturated heterocycles. The second kappa shape index (κ2) is 116. The van der Waals surface area contributed by atoms with Gasteiger partial charge in [0, 0.05) is 43.9 Å². The van der Waals surface area contributed by atoms with Crippen LogP contribution in [0.3, 0.4) is 0 Å². The fraction of sp³-hybridized carbons (Fsp3) is 0.111. The zero-order chi connectivity index (χ0) is 22.6. The van der Waals surface area contributed by atoms with Crippen molar-refractivity contribution in [1.29, 1.82) is 0 Å². The van der Waals surface area contributed by atoms with Crippen LogP contribution in [0.1, 0.15) is 6.92 Å². The Morgan fingerprint density at radius 3 is 1.21 bits per heavy atom. The standard InChI is InChI=1S/C7H8O2.C5H5.6CO.Co.Mo/c1-3-4-5-6-7(8)9-2;1-2-4-5-3-1;6*1-2;;/h5-6H,1-2H3;1-5H;;;;;;;;/b6-5+;;;;;;;;;. The molecule has 0 aromatic rings. The van der Waals surface area contributed by atoms with Crippen molar-refractivity contribution in [2.24, 2.45) is 0 Å². The predicted molar refractivity (Wildman–Crippen MR) is 79.7 cm³/mol. The first-order valence-corrected chi connectivity index (χ1v) is 5.37. The molecule has 8 nitrogen and oxygen atoms in total. The van der Waals surface area contributed by atoms with Gasteiger partial charge < -0.3 is 4.74 Å². The van der Waals surface area contributed by atoms with Crippen LogP contribution in [0.5, 0.6) is 0 Å². The van der Waals surface area contributed by atoms with Crippen molar-refractivity contribution in [3.05, 3.63) is 84.2 Å². The summed E-state index contributed by atoms with van der Waals surface area (Å²) in [4.78, 5) is 10.3. The Kier molecular flexibility index (Phi) is 234. The average molecular weight is 512 g/mol. The van der Waals surface area contributed by atoms with E-state index in [1.54, 1.807) is 6.92 Å². The molecule has 10 heteroatoms. The van der Waals surface area contributed by atoms with Gasteiger partial charge in [-0.05, 0) is 45.1 Å². The van der Waals surface area contributed by atoms with Gasteiger partial charge in [0.15, 0.2) is 0 Å². The Balaban J connectivity index is -0.0000000236. The van der Waals surface area contributed by atoms with E-state index in [2.05, 4.69) is 56.5 Å². The van der Waals surface area contributed by atoms with Crippen LogP contribution in [-0.2, 0) is 75.3 Å². The van der Waals surface area contributed by atoms with Crippen LogP contribution in [0, 0.1) is 83.8 Å². The molecule has 148 valence electrons. The van der Waals surface area contributed by atoms with Gasteiger partial charge in [0.1, 0.15) is 0 Å². The summed E-state index contributed by atoms with van der Waals surface area (Å²) in [7, 11) is 1.33. The summed E-state index contributed by atoms with van der Waals surface area (Å²) in [6.45, 7) is 28.7. The first-order chi connectivity index (χ1) is 12.8. The fourth-order valence-corrected chi connectivity index (χ4v) is 0.582. The van der Waals surface area contributed by atoms with E-state index in [0.29, 0.717) is 0 Å². The number of ether oxygens (including phenoxy) is 1. The number of methoxy groups -OCH3 is 1. The fourth-order valence-electron chi connectivity index (χ4n) is 0.582. The zero-order valence-corrected chi connectivity index (χ0v) is 17.6. The molecular weight excluding hydrogens is 499 g/mol. The second-order valence-electron chi connectivity index (χ2n) is 2.21. The first kappa shape index (κ1) is 56.3. The van der Waals surface area contributed by atoms with Crippen LogP contribution < -0.4 is 0 Å². The Morgan fingerprint density at radius 1 is 0.786 bits per heavy atom. The maximum Gasteiger partial charge on any atom is 0 e. The van der Waals surface area contributed by atoms with Gasteiger partial charge in [-0.25, -0.2) is 4.79 Å². The topological polar surface area (TPSA) is 146 Å².